The van der Waals surface area contributed by atoms with Gasteiger partial charge >= 0.3 is 0 Å². The number of benzene rings is 1. The summed E-state index contributed by atoms with van der Waals surface area (Å²) < 4.78 is 13.6. The summed E-state index contributed by atoms with van der Waals surface area (Å²) in [5.41, 5.74) is 0.395. The second kappa shape index (κ2) is 6.74. The van der Waals surface area contributed by atoms with E-state index >= 15 is 0 Å². The van der Waals surface area contributed by atoms with Crippen molar-refractivity contribution in [2.75, 3.05) is 13.1 Å². The monoisotopic (exact) mass is 301 g/mol. The lowest BCUT2D eigenvalue weighted by molar-refractivity contribution is 0.0754. The number of hydrogen-bond donors (Lipinski definition) is 0. The van der Waals surface area contributed by atoms with Crippen molar-refractivity contribution < 1.29 is 9.18 Å². The van der Waals surface area contributed by atoms with Crippen LogP contribution in [0.3, 0.4) is 0 Å². The van der Waals surface area contributed by atoms with Crippen molar-refractivity contribution in [3.05, 3.63) is 34.1 Å². The SMILES string of the molecule is CCCN(CCC)C(=O)c1cccc(F)c1Br. The van der Waals surface area contributed by atoms with Crippen LogP contribution < -0.4 is 0 Å². The summed E-state index contributed by atoms with van der Waals surface area (Å²) in [7, 11) is 0. The highest BCUT2D eigenvalue weighted by molar-refractivity contribution is 9.10. The molecular weight excluding hydrogens is 285 g/mol. The van der Waals surface area contributed by atoms with Crippen LogP contribution in [-0.4, -0.2) is 23.9 Å². The maximum absolute atomic E-state index is 13.4. The fraction of sp³-hybridized carbons (Fsp3) is 0.462. The zero-order valence-corrected chi connectivity index (χ0v) is 11.8. The Hall–Kier alpha value is -0.900. The van der Waals surface area contributed by atoms with Crippen LogP contribution in [0, 0.1) is 5.82 Å². The second-order valence-corrected chi connectivity index (χ2v) is 4.69. The van der Waals surface area contributed by atoms with Gasteiger partial charge in [0.2, 0.25) is 0 Å². The molecule has 0 fully saturated rings. The Morgan fingerprint density at radius 1 is 1.29 bits per heavy atom. The van der Waals surface area contributed by atoms with Crippen LogP contribution in [-0.2, 0) is 0 Å². The highest BCUT2D eigenvalue weighted by Gasteiger charge is 2.18. The molecule has 17 heavy (non-hydrogen) atoms. The van der Waals surface area contributed by atoms with Crippen molar-refractivity contribution in [3.63, 3.8) is 0 Å². The van der Waals surface area contributed by atoms with Crippen molar-refractivity contribution in [2.24, 2.45) is 0 Å². The average Bonchev–Trinajstić information content (AvgIpc) is 2.31. The van der Waals surface area contributed by atoms with Gasteiger partial charge in [-0.15, -0.1) is 0 Å². The number of amides is 1. The van der Waals surface area contributed by atoms with Crippen molar-refractivity contribution in [2.45, 2.75) is 26.7 Å². The first-order valence-electron chi connectivity index (χ1n) is 5.85. The zero-order chi connectivity index (χ0) is 12.8. The Labute approximate surface area is 110 Å². The van der Waals surface area contributed by atoms with Crippen LogP contribution in [0.25, 0.3) is 0 Å². The number of nitrogens with zero attached hydrogens (tertiary/aromatic N) is 1. The maximum atomic E-state index is 13.4. The highest BCUT2D eigenvalue weighted by atomic mass is 79.9. The molecule has 1 aromatic carbocycles. The van der Waals surface area contributed by atoms with Crippen LogP contribution in [0.15, 0.2) is 22.7 Å². The third-order valence-corrected chi connectivity index (χ3v) is 3.26. The predicted molar refractivity (Wildman–Crippen MR) is 70.6 cm³/mol. The summed E-state index contributed by atoms with van der Waals surface area (Å²) >= 11 is 3.13. The predicted octanol–water partition coefficient (Wildman–Crippen LogP) is 3.85. The molecule has 0 radical (unpaired) electrons. The van der Waals surface area contributed by atoms with Crippen molar-refractivity contribution in [3.8, 4) is 0 Å². The summed E-state index contributed by atoms with van der Waals surface area (Å²) in [4.78, 5) is 14.0. The average molecular weight is 302 g/mol. The number of carbonyl (C=O) groups excluding carboxylic acids is 1. The van der Waals surface area contributed by atoms with Gasteiger partial charge in [-0.1, -0.05) is 19.9 Å². The first-order chi connectivity index (χ1) is 8.11. The van der Waals surface area contributed by atoms with Gasteiger partial charge in [-0.3, -0.25) is 4.79 Å². The molecule has 4 heteroatoms. The van der Waals surface area contributed by atoms with E-state index in [2.05, 4.69) is 15.9 Å². The van der Waals surface area contributed by atoms with Gasteiger partial charge in [-0.25, -0.2) is 4.39 Å². The minimum absolute atomic E-state index is 0.111. The summed E-state index contributed by atoms with van der Waals surface area (Å²) in [6, 6.07) is 4.54. The van der Waals surface area contributed by atoms with E-state index in [4.69, 9.17) is 0 Å². The first-order valence-corrected chi connectivity index (χ1v) is 6.64. The van der Waals surface area contributed by atoms with Crippen LogP contribution in [0.1, 0.15) is 37.0 Å². The first kappa shape index (κ1) is 14.2. The van der Waals surface area contributed by atoms with E-state index in [-0.39, 0.29) is 10.4 Å². The molecule has 1 aromatic rings. The molecule has 2 nitrogen and oxygen atoms in total. The molecule has 0 spiro atoms. The molecule has 0 saturated carbocycles. The number of halogens is 2. The fourth-order valence-corrected chi connectivity index (χ4v) is 2.13. The Kier molecular flexibility index (Phi) is 5.62. The molecule has 0 saturated heterocycles. The molecule has 0 unspecified atom stereocenters. The van der Waals surface area contributed by atoms with E-state index in [1.165, 1.54) is 6.07 Å². The Morgan fingerprint density at radius 3 is 2.41 bits per heavy atom. The van der Waals surface area contributed by atoms with Crippen LogP contribution >= 0.6 is 15.9 Å². The number of hydrogen-bond acceptors (Lipinski definition) is 1. The van der Waals surface area contributed by atoms with Gasteiger partial charge in [-0.2, -0.15) is 0 Å². The molecule has 0 bridgehead atoms. The maximum Gasteiger partial charge on any atom is 0.255 e. The Balaban J connectivity index is 2.96. The van der Waals surface area contributed by atoms with E-state index in [1.807, 2.05) is 13.8 Å². The normalized spacial score (nSPS) is 10.4. The van der Waals surface area contributed by atoms with Crippen LogP contribution in [0.5, 0.6) is 0 Å². The van der Waals surface area contributed by atoms with Crippen molar-refractivity contribution in [1.29, 1.82) is 0 Å². The molecule has 1 amide bonds. The summed E-state index contributed by atoms with van der Waals surface area (Å²) in [5.74, 6) is -0.510. The van der Waals surface area contributed by atoms with Gasteiger partial charge in [0.1, 0.15) is 5.82 Å². The summed E-state index contributed by atoms with van der Waals surface area (Å²) in [6.45, 7) is 5.46. The van der Waals surface area contributed by atoms with Crippen molar-refractivity contribution in [1.82, 2.24) is 4.90 Å². The fourth-order valence-electron chi connectivity index (χ4n) is 1.69. The summed E-state index contributed by atoms with van der Waals surface area (Å²) in [6.07, 6.45) is 1.80. The lowest BCUT2D eigenvalue weighted by atomic mass is 10.2. The van der Waals surface area contributed by atoms with E-state index < -0.39 is 5.82 Å². The quantitative estimate of drug-likeness (QED) is 0.809. The molecule has 94 valence electrons. The van der Waals surface area contributed by atoms with Gasteiger partial charge in [-0.05, 0) is 40.9 Å². The van der Waals surface area contributed by atoms with E-state index in [1.54, 1.807) is 17.0 Å². The second-order valence-electron chi connectivity index (χ2n) is 3.89. The lowest BCUT2D eigenvalue weighted by Crippen LogP contribution is -2.32. The smallest absolute Gasteiger partial charge is 0.255 e. The van der Waals surface area contributed by atoms with Gasteiger partial charge in [0, 0.05) is 13.1 Å². The minimum Gasteiger partial charge on any atom is -0.339 e. The zero-order valence-electron chi connectivity index (χ0n) is 10.2. The van der Waals surface area contributed by atoms with E-state index in [9.17, 15) is 9.18 Å². The molecule has 0 atom stereocenters. The summed E-state index contributed by atoms with van der Waals surface area (Å²) in [5, 5.41) is 0. The van der Waals surface area contributed by atoms with E-state index in [0.29, 0.717) is 18.7 Å². The van der Waals surface area contributed by atoms with E-state index in [0.717, 1.165) is 12.8 Å². The van der Waals surface area contributed by atoms with Gasteiger partial charge in [0.25, 0.3) is 5.91 Å². The lowest BCUT2D eigenvalue weighted by Gasteiger charge is -2.22. The molecule has 0 N–H and O–H groups in total. The van der Waals surface area contributed by atoms with Crippen molar-refractivity contribution >= 4 is 21.8 Å². The molecular formula is C13H17BrFNO. The number of rotatable bonds is 5. The molecule has 1 rings (SSSR count). The standard InChI is InChI=1S/C13H17BrFNO/c1-3-8-16(9-4-2)13(17)10-6-5-7-11(15)12(10)14/h5-7H,3-4,8-9H2,1-2H3. The third-order valence-electron chi connectivity index (χ3n) is 2.46. The molecule has 0 aliphatic carbocycles. The molecule has 0 heterocycles. The molecule has 0 aliphatic rings. The van der Waals surface area contributed by atoms with Crippen LogP contribution in [0.2, 0.25) is 0 Å². The highest BCUT2D eigenvalue weighted by Crippen LogP contribution is 2.22. The Bertz CT molecular complexity index is 389. The Morgan fingerprint density at radius 2 is 1.88 bits per heavy atom. The number of carbonyl (C=O) groups is 1. The minimum atomic E-state index is -0.399. The molecule has 0 aliphatic heterocycles. The van der Waals surface area contributed by atoms with Gasteiger partial charge in [0.15, 0.2) is 0 Å². The van der Waals surface area contributed by atoms with Gasteiger partial charge < -0.3 is 4.90 Å². The molecule has 0 aromatic heterocycles. The third kappa shape index (κ3) is 3.53. The van der Waals surface area contributed by atoms with Crippen LogP contribution in [0.4, 0.5) is 4.39 Å². The van der Waals surface area contributed by atoms with Gasteiger partial charge in [0.05, 0.1) is 10.0 Å². The topological polar surface area (TPSA) is 20.3 Å². The largest absolute Gasteiger partial charge is 0.339 e.